The van der Waals surface area contributed by atoms with E-state index < -0.39 is 23.5 Å². The van der Waals surface area contributed by atoms with Crippen LogP contribution in [-0.2, 0) is 11.2 Å². The van der Waals surface area contributed by atoms with Gasteiger partial charge in [0.1, 0.15) is 17.2 Å². The number of benzene rings is 2. The number of carbonyl (C=O) groups is 2. The van der Waals surface area contributed by atoms with Crippen LogP contribution < -0.4 is 10.9 Å². The number of carbonyl (C=O) groups excluding carboxylic acids is 1. The minimum atomic E-state index is -1.20. The van der Waals surface area contributed by atoms with E-state index in [2.05, 4.69) is 10.3 Å². The van der Waals surface area contributed by atoms with Crippen LogP contribution in [0.5, 0.6) is 0 Å². The lowest BCUT2D eigenvalue weighted by molar-refractivity contribution is -0.139. The molecule has 7 nitrogen and oxygen atoms in total. The number of para-hydroxylation sites is 2. The minimum Gasteiger partial charge on any atom is -0.480 e. The number of carboxylic acids is 1. The second-order valence-electron chi connectivity index (χ2n) is 6.81. The van der Waals surface area contributed by atoms with E-state index in [1.807, 2.05) is 24.3 Å². The third kappa shape index (κ3) is 3.38. The molecular weight excluding hydrogens is 372 g/mol. The monoisotopic (exact) mass is 390 g/mol. The van der Waals surface area contributed by atoms with E-state index in [0.29, 0.717) is 16.5 Å². The third-order valence-electron chi connectivity index (χ3n) is 5.00. The molecule has 2 heterocycles. The number of hydrogen-bond donors (Lipinski definition) is 3. The van der Waals surface area contributed by atoms with Gasteiger partial charge in [0.05, 0.1) is 0 Å². The van der Waals surface area contributed by atoms with Gasteiger partial charge >= 0.3 is 11.6 Å². The molecule has 2 aromatic heterocycles. The summed E-state index contributed by atoms with van der Waals surface area (Å²) in [4.78, 5) is 40.0. The van der Waals surface area contributed by atoms with E-state index in [4.69, 9.17) is 4.42 Å². The number of carboxylic acid groups (broad SMARTS) is 1. The maximum absolute atomic E-state index is 12.8. The molecule has 0 spiro atoms. The summed E-state index contributed by atoms with van der Waals surface area (Å²) >= 11 is 0. The summed E-state index contributed by atoms with van der Waals surface area (Å²) < 4.78 is 5.23. The van der Waals surface area contributed by atoms with Crippen molar-refractivity contribution in [1.29, 1.82) is 0 Å². The second-order valence-corrected chi connectivity index (χ2v) is 6.81. The Morgan fingerprint density at radius 1 is 1.10 bits per heavy atom. The second kappa shape index (κ2) is 7.27. The smallest absolute Gasteiger partial charge is 0.349 e. The molecular formula is C22H18N2O5. The first-order valence-electron chi connectivity index (χ1n) is 9.07. The van der Waals surface area contributed by atoms with Gasteiger partial charge in [0, 0.05) is 28.9 Å². The van der Waals surface area contributed by atoms with E-state index in [1.165, 1.54) is 0 Å². The van der Waals surface area contributed by atoms with Crippen molar-refractivity contribution in [2.24, 2.45) is 0 Å². The van der Waals surface area contributed by atoms with Crippen molar-refractivity contribution in [3.05, 3.63) is 81.8 Å². The van der Waals surface area contributed by atoms with Crippen LogP contribution in [0.4, 0.5) is 0 Å². The molecule has 3 N–H and O–H groups in total. The zero-order chi connectivity index (χ0) is 20.5. The highest BCUT2D eigenvalue weighted by Gasteiger charge is 2.26. The first-order valence-corrected chi connectivity index (χ1v) is 9.07. The summed E-state index contributed by atoms with van der Waals surface area (Å²) in [5, 5.41) is 13.6. The maximum Gasteiger partial charge on any atom is 0.349 e. The van der Waals surface area contributed by atoms with Gasteiger partial charge in [-0.2, -0.15) is 0 Å². The number of aromatic amines is 1. The molecule has 29 heavy (non-hydrogen) atoms. The lowest BCUT2D eigenvalue weighted by Crippen LogP contribution is -2.44. The molecule has 4 aromatic rings. The number of aryl methyl sites for hydroxylation is 1. The van der Waals surface area contributed by atoms with Crippen LogP contribution in [0.15, 0.2) is 63.9 Å². The van der Waals surface area contributed by atoms with Crippen molar-refractivity contribution in [3.63, 3.8) is 0 Å². The van der Waals surface area contributed by atoms with Gasteiger partial charge in [0.2, 0.25) is 0 Å². The van der Waals surface area contributed by atoms with Gasteiger partial charge in [-0.3, -0.25) is 4.79 Å². The van der Waals surface area contributed by atoms with Crippen molar-refractivity contribution in [2.75, 3.05) is 0 Å². The van der Waals surface area contributed by atoms with Gasteiger partial charge in [-0.15, -0.1) is 0 Å². The molecule has 4 rings (SSSR count). The minimum absolute atomic E-state index is 0.0725. The molecule has 1 amide bonds. The first-order chi connectivity index (χ1) is 14.0. The van der Waals surface area contributed by atoms with Crippen LogP contribution in [-0.4, -0.2) is 28.0 Å². The molecule has 0 saturated carbocycles. The number of fused-ring (bicyclic) bond motifs is 2. The number of H-pyrrole nitrogens is 1. The van der Waals surface area contributed by atoms with Gasteiger partial charge < -0.3 is 19.8 Å². The largest absolute Gasteiger partial charge is 0.480 e. The van der Waals surface area contributed by atoms with Gasteiger partial charge in [-0.05, 0) is 30.2 Å². The highest BCUT2D eigenvalue weighted by molar-refractivity contribution is 6.01. The van der Waals surface area contributed by atoms with Crippen molar-refractivity contribution < 1.29 is 19.1 Å². The molecule has 0 fully saturated rings. The van der Waals surface area contributed by atoms with Crippen LogP contribution in [0.1, 0.15) is 21.5 Å². The Kier molecular flexibility index (Phi) is 4.64. The van der Waals surface area contributed by atoms with E-state index in [0.717, 1.165) is 16.5 Å². The third-order valence-corrected chi connectivity index (χ3v) is 5.00. The number of aliphatic carboxylic acids is 1. The topological polar surface area (TPSA) is 112 Å². The van der Waals surface area contributed by atoms with Gasteiger partial charge in [-0.25, -0.2) is 9.59 Å². The van der Waals surface area contributed by atoms with Gasteiger partial charge in [0.25, 0.3) is 5.91 Å². The van der Waals surface area contributed by atoms with Crippen molar-refractivity contribution in [1.82, 2.24) is 10.3 Å². The fraction of sp³-hybridized carbons (Fsp3) is 0.136. The first kappa shape index (κ1) is 18.5. The maximum atomic E-state index is 12.8. The van der Waals surface area contributed by atoms with E-state index >= 15 is 0 Å². The Morgan fingerprint density at radius 2 is 1.79 bits per heavy atom. The van der Waals surface area contributed by atoms with Crippen molar-refractivity contribution in [2.45, 2.75) is 19.4 Å². The average molecular weight is 390 g/mol. The van der Waals surface area contributed by atoms with Crippen LogP contribution >= 0.6 is 0 Å². The summed E-state index contributed by atoms with van der Waals surface area (Å²) in [6.45, 7) is 1.64. The Hall–Kier alpha value is -3.87. The summed E-state index contributed by atoms with van der Waals surface area (Å²) in [7, 11) is 0. The SMILES string of the molecule is Cc1c(C(=O)N[C@H](Cc2c[nH]c3ccccc23)C(=O)O)c(=O)oc2ccccc12. The normalized spacial score (nSPS) is 12.2. The summed E-state index contributed by atoms with van der Waals surface area (Å²) in [6, 6.07) is 13.2. The molecule has 0 aliphatic carbocycles. The van der Waals surface area contributed by atoms with Crippen LogP contribution in [0.3, 0.4) is 0 Å². The Bertz CT molecular complexity index is 1300. The number of aromatic nitrogens is 1. The Labute approximate surface area is 165 Å². The summed E-state index contributed by atoms with van der Waals surface area (Å²) in [5.74, 6) is -1.96. The number of nitrogens with one attached hydrogen (secondary N) is 2. The van der Waals surface area contributed by atoms with Crippen molar-refractivity contribution >= 4 is 33.7 Å². The van der Waals surface area contributed by atoms with E-state index in [9.17, 15) is 19.5 Å². The fourth-order valence-electron chi connectivity index (χ4n) is 3.52. The summed E-state index contributed by atoms with van der Waals surface area (Å²) in [6.07, 6.45) is 1.80. The number of rotatable bonds is 5. The van der Waals surface area contributed by atoms with Gasteiger partial charge in [0.15, 0.2) is 0 Å². The average Bonchev–Trinajstić information content (AvgIpc) is 3.10. The van der Waals surface area contributed by atoms with Gasteiger partial charge in [-0.1, -0.05) is 36.4 Å². The lowest BCUT2D eigenvalue weighted by Gasteiger charge is -2.15. The number of hydrogen-bond acceptors (Lipinski definition) is 4. The Morgan fingerprint density at radius 3 is 2.55 bits per heavy atom. The predicted molar refractivity (Wildman–Crippen MR) is 108 cm³/mol. The van der Waals surface area contributed by atoms with E-state index in [1.54, 1.807) is 37.4 Å². The van der Waals surface area contributed by atoms with Crippen LogP contribution in [0.2, 0.25) is 0 Å². The molecule has 2 aromatic carbocycles. The highest BCUT2D eigenvalue weighted by atomic mass is 16.4. The quantitative estimate of drug-likeness (QED) is 0.454. The molecule has 0 radical (unpaired) electrons. The zero-order valence-electron chi connectivity index (χ0n) is 15.6. The lowest BCUT2D eigenvalue weighted by atomic mass is 10.0. The summed E-state index contributed by atoms with van der Waals surface area (Å²) in [5.41, 5.74) is 1.48. The Balaban J connectivity index is 1.66. The van der Waals surface area contributed by atoms with E-state index in [-0.39, 0.29) is 12.0 Å². The number of amides is 1. The fourth-order valence-corrected chi connectivity index (χ4v) is 3.52. The molecule has 0 saturated heterocycles. The van der Waals surface area contributed by atoms with Crippen LogP contribution in [0.25, 0.3) is 21.9 Å². The molecule has 0 unspecified atom stereocenters. The molecule has 0 aliphatic heterocycles. The molecule has 7 heteroatoms. The molecule has 146 valence electrons. The van der Waals surface area contributed by atoms with Crippen LogP contribution in [0, 0.1) is 6.92 Å². The van der Waals surface area contributed by atoms with Crippen molar-refractivity contribution in [3.8, 4) is 0 Å². The zero-order valence-corrected chi connectivity index (χ0v) is 15.6. The highest BCUT2D eigenvalue weighted by Crippen LogP contribution is 2.21. The molecule has 0 bridgehead atoms. The molecule has 0 aliphatic rings. The predicted octanol–water partition coefficient (Wildman–Crippen LogP) is 3.01. The molecule has 1 atom stereocenters. The standard InChI is InChI=1S/C22H18N2O5/c1-12-14-6-3-5-9-18(14)29-22(28)19(12)20(25)24-17(21(26)27)10-13-11-23-16-8-4-2-7-15(13)16/h2-9,11,17,23H,10H2,1H3,(H,24,25)(H,26,27)/t17-/m1/s1.